The Kier molecular flexibility index (Phi) is 4.78. The number of benzene rings is 1. The first-order valence-corrected chi connectivity index (χ1v) is 7.87. The molecule has 0 radical (unpaired) electrons. The van der Waals surface area contributed by atoms with Gasteiger partial charge in [-0.2, -0.15) is 4.72 Å². The molecule has 104 valence electrons. The fourth-order valence-electron chi connectivity index (χ4n) is 1.94. The molecule has 0 saturated carbocycles. The Morgan fingerprint density at radius 3 is 2.32 bits per heavy atom. The van der Waals surface area contributed by atoms with Crippen LogP contribution in [0.15, 0.2) is 23.1 Å². The predicted molar refractivity (Wildman–Crippen MR) is 78.4 cm³/mol. The third-order valence-electron chi connectivity index (χ3n) is 3.45. The molecule has 1 N–H and O–H groups in total. The second-order valence-corrected chi connectivity index (χ2v) is 6.46. The summed E-state index contributed by atoms with van der Waals surface area (Å²) in [6.07, 6.45) is 6.62. The third-order valence-corrected chi connectivity index (χ3v) is 5.12. The highest BCUT2D eigenvalue weighted by molar-refractivity contribution is 7.89. The van der Waals surface area contributed by atoms with Crippen LogP contribution in [0.2, 0.25) is 0 Å². The summed E-state index contributed by atoms with van der Waals surface area (Å²) in [5, 5.41) is 0. The SMILES string of the molecule is C#CC(CC)(CC)NS(=O)(=O)c1cc(C)ccc1C. The molecule has 0 unspecified atom stereocenters. The zero-order valence-corrected chi connectivity index (χ0v) is 12.8. The highest BCUT2D eigenvalue weighted by Gasteiger charge is 2.30. The van der Waals surface area contributed by atoms with Gasteiger partial charge >= 0.3 is 0 Å². The number of nitrogens with one attached hydrogen (secondary N) is 1. The Morgan fingerprint density at radius 2 is 1.84 bits per heavy atom. The Morgan fingerprint density at radius 1 is 1.26 bits per heavy atom. The summed E-state index contributed by atoms with van der Waals surface area (Å²) in [5.41, 5.74) is 0.816. The number of terminal acetylenes is 1. The first-order valence-electron chi connectivity index (χ1n) is 6.39. The maximum atomic E-state index is 12.5. The van der Waals surface area contributed by atoms with Crippen molar-refractivity contribution in [3.05, 3.63) is 29.3 Å². The minimum absolute atomic E-state index is 0.300. The number of sulfonamides is 1. The maximum absolute atomic E-state index is 12.5. The van der Waals surface area contributed by atoms with Gasteiger partial charge in [-0.25, -0.2) is 8.42 Å². The van der Waals surface area contributed by atoms with E-state index >= 15 is 0 Å². The molecule has 0 amide bonds. The summed E-state index contributed by atoms with van der Waals surface area (Å²) in [6, 6.07) is 5.37. The van der Waals surface area contributed by atoms with Crippen LogP contribution >= 0.6 is 0 Å². The van der Waals surface area contributed by atoms with Gasteiger partial charge in [0.2, 0.25) is 10.0 Å². The Bertz CT molecular complexity index is 593. The van der Waals surface area contributed by atoms with Crippen molar-refractivity contribution in [2.45, 2.75) is 51.0 Å². The van der Waals surface area contributed by atoms with Crippen molar-refractivity contribution in [1.29, 1.82) is 0 Å². The quantitative estimate of drug-likeness (QED) is 0.842. The van der Waals surface area contributed by atoms with Crippen molar-refractivity contribution in [2.75, 3.05) is 0 Å². The van der Waals surface area contributed by atoms with Gasteiger partial charge in [0.1, 0.15) is 0 Å². The number of hydrogen-bond donors (Lipinski definition) is 1. The second kappa shape index (κ2) is 5.77. The predicted octanol–water partition coefficient (Wildman–Crippen LogP) is 2.77. The summed E-state index contributed by atoms with van der Waals surface area (Å²) >= 11 is 0. The van der Waals surface area contributed by atoms with Crippen LogP contribution in [-0.2, 0) is 10.0 Å². The van der Waals surface area contributed by atoms with Crippen LogP contribution in [0, 0.1) is 26.2 Å². The second-order valence-electron chi connectivity index (χ2n) is 4.81. The van der Waals surface area contributed by atoms with Crippen LogP contribution in [0.3, 0.4) is 0 Å². The Balaban J connectivity index is 3.26. The summed E-state index contributed by atoms with van der Waals surface area (Å²) in [6.45, 7) is 7.42. The first kappa shape index (κ1) is 15.7. The monoisotopic (exact) mass is 279 g/mol. The van der Waals surface area contributed by atoms with Crippen molar-refractivity contribution in [3.8, 4) is 12.3 Å². The fourth-order valence-corrected chi connectivity index (χ4v) is 3.74. The van der Waals surface area contributed by atoms with Crippen LogP contribution in [0.1, 0.15) is 37.8 Å². The lowest BCUT2D eigenvalue weighted by Gasteiger charge is -2.27. The molecule has 0 heterocycles. The lowest BCUT2D eigenvalue weighted by Crippen LogP contribution is -2.46. The van der Waals surface area contributed by atoms with Crippen LogP contribution in [-0.4, -0.2) is 14.0 Å². The van der Waals surface area contributed by atoms with E-state index in [0.717, 1.165) is 11.1 Å². The normalized spacial score (nSPS) is 12.2. The van der Waals surface area contributed by atoms with Crippen LogP contribution in [0.25, 0.3) is 0 Å². The molecule has 0 spiro atoms. The summed E-state index contributed by atoms with van der Waals surface area (Å²) in [5.74, 6) is 2.58. The van der Waals surface area contributed by atoms with Crippen molar-refractivity contribution in [1.82, 2.24) is 4.72 Å². The van der Waals surface area contributed by atoms with E-state index in [1.807, 2.05) is 26.8 Å². The third kappa shape index (κ3) is 3.37. The van der Waals surface area contributed by atoms with Gasteiger partial charge in [0.05, 0.1) is 10.4 Å². The first-order chi connectivity index (χ1) is 8.80. The molecule has 0 atom stereocenters. The van der Waals surface area contributed by atoms with E-state index in [4.69, 9.17) is 6.42 Å². The van der Waals surface area contributed by atoms with Crippen molar-refractivity contribution < 1.29 is 8.42 Å². The van der Waals surface area contributed by atoms with E-state index in [1.165, 1.54) is 0 Å². The molecule has 1 aromatic carbocycles. The molecule has 0 aliphatic heterocycles. The van der Waals surface area contributed by atoms with Gasteiger partial charge in [0.25, 0.3) is 0 Å². The fraction of sp³-hybridized carbons (Fsp3) is 0.467. The van der Waals surface area contributed by atoms with Crippen molar-refractivity contribution in [2.24, 2.45) is 0 Å². The van der Waals surface area contributed by atoms with E-state index < -0.39 is 15.6 Å². The smallest absolute Gasteiger partial charge is 0.207 e. The van der Waals surface area contributed by atoms with E-state index in [-0.39, 0.29) is 0 Å². The summed E-state index contributed by atoms with van der Waals surface area (Å²) < 4.78 is 27.7. The number of rotatable bonds is 5. The lowest BCUT2D eigenvalue weighted by molar-refractivity contribution is 0.451. The molecule has 1 aromatic rings. The van der Waals surface area contributed by atoms with E-state index in [1.54, 1.807) is 19.1 Å². The Hall–Kier alpha value is -1.31. The van der Waals surface area contributed by atoms with Gasteiger partial charge in [0, 0.05) is 0 Å². The molecule has 0 aromatic heterocycles. The van der Waals surface area contributed by atoms with Crippen molar-refractivity contribution in [3.63, 3.8) is 0 Å². The van der Waals surface area contributed by atoms with Crippen LogP contribution in [0.5, 0.6) is 0 Å². The van der Waals surface area contributed by atoms with Gasteiger partial charge in [-0.3, -0.25) is 0 Å². The van der Waals surface area contributed by atoms with Crippen LogP contribution in [0.4, 0.5) is 0 Å². The summed E-state index contributed by atoms with van der Waals surface area (Å²) in [4.78, 5) is 0.300. The zero-order valence-electron chi connectivity index (χ0n) is 11.9. The van der Waals surface area contributed by atoms with E-state index in [0.29, 0.717) is 17.7 Å². The molecular weight excluding hydrogens is 258 g/mol. The van der Waals surface area contributed by atoms with Gasteiger partial charge in [-0.15, -0.1) is 6.42 Å². The van der Waals surface area contributed by atoms with Gasteiger partial charge in [0.15, 0.2) is 0 Å². The van der Waals surface area contributed by atoms with Crippen LogP contribution < -0.4 is 4.72 Å². The molecule has 0 aliphatic carbocycles. The molecule has 0 saturated heterocycles. The molecule has 4 heteroatoms. The topological polar surface area (TPSA) is 46.2 Å². The standard InChI is InChI=1S/C15H21NO2S/c1-6-15(7-2,8-3)16-19(17,18)14-11-12(4)9-10-13(14)5/h1,9-11,16H,7-8H2,2-5H3. The minimum atomic E-state index is -3.60. The largest absolute Gasteiger partial charge is 0.242 e. The van der Waals surface area contributed by atoms with E-state index in [9.17, 15) is 8.42 Å². The molecular formula is C15H21NO2S. The zero-order chi connectivity index (χ0) is 14.7. The molecule has 0 bridgehead atoms. The molecule has 0 fully saturated rings. The van der Waals surface area contributed by atoms with Crippen molar-refractivity contribution >= 4 is 10.0 Å². The average molecular weight is 279 g/mol. The number of hydrogen-bond acceptors (Lipinski definition) is 2. The Labute approximate surface area is 116 Å². The summed E-state index contributed by atoms with van der Waals surface area (Å²) in [7, 11) is -3.60. The maximum Gasteiger partial charge on any atom is 0.242 e. The molecule has 19 heavy (non-hydrogen) atoms. The molecule has 1 rings (SSSR count). The highest BCUT2D eigenvalue weighted by atomic mass is 32.2. The molecule has 0 aliphatic rings. The molecule has 3 nitrogen and oxygen atoms in total. The van der Waals surface area contributed by atoms with Gasteiger partial charge < -0.3 is 0 Å². The van der Waals surface area contributed by atoms with Gasteiger partial charge in [-0.1, -0.05) is 31.9 Å². The highest BCUT2D eigenvalue weighted by Crippen LogP contribution is 2.22. The average Bonchev–Trinajstić information content (AvgIpc) is 2.39. The number of aryl methyl sites for hydroxylation is 2. The minimum Gasteiger partial charge on any atom is -0.207 e. The van der Waals surface area contributed by atoms with E-state index in [2.05, 4.69) is 10.6 Å². The lowest BCUT2D eigenvalue weighted by atomic mass is 9.96. The van der Waals surface area contributed by atoms with Gasteiger partial charge in [-0.05, 0) is 43.9 Å².